The van der Waals surface area contributed by atoms with Gasteiger partial charge >= 0.3 is 6.18 Å². The Hall–Kier alpha value is -3.17. The maximum absolute atomic E-state index is 12.9. The molecule has 3 aromatic heterocycles. The van der Waals surface area contributed by atoms with Crippen LogP contribution in [0, 0.1) is 6.92 Å². The van der Waals surface area contributed by atoms with Crippen LogP contribution in [-0.4, -0.2) is 29.4 Å². The van der Waals surface area contributed by atoms with Gasteiger partial charge in [0.05, 0.1) is 17.6 Å². The van der Waals surface area contributed by atoms with Crippen molar-refractivity contribution < 1.29 is 13.2 Å². The number of halogens is 3. The summed E-state index contributed by atoms with van der Waals surface area (Å²) < 4.78 is 41.4. The molecule has 0 aliphatic heterocycles. The minimum absolute atomic E-state index is 0.0288. The molecule has 1 aromatic carbocycles. The fourth-order valence-electron chi connectivity index (χ4n) is 2.75. The van der Waals surface area contributed by atoms with Crippen LogP contribution in [0.5, 0.6) is 0 Å². The Morgan fingerprint density at radius 2 is 1.92 bits per heavy atom. The summed E-state index contributed by atoms with van der Waals surface area (Å²) in [4.78, 5) is 4.56. The van der Waals surface area contributed by atoms with Gasteiger partial charge in [0, 0.05) is 7.05 Å². The second-order valence-electron chi connectivity index (χ2n) is 5.94. The van der Waals surface area contributed by atoms with E-state index in [2.05, 4.69) is 25.6 Å². The van der Waals surface area contributed by atoms with Gasteiger partial charge in [0.1, 0.15) is 11.6 Å². The number of alkyl halides is 3. The first-order valence-corrected chi connectivity index (χ1v) is 7.78. The molecule has 7 nitrogen and oxygen atoms in total. The third-order valence-electron chi connectivity index (χ3n) is 4.07. The van der Waals surface area contributed by atoms with Crippen LogP contribution in [0.4, 0.5) is 19.0 Å². The van der Waals surface area contributed by atoms with Gasteiger partial charge in [-0.05, 0) is 36.8 Å². The molecule has 4 rings (SSSR count). The van der Waals surface area contributed by atoms with Crippen LogP contribution in [-0.2, 0) is 19.8 Å². The first-order chi connectivity index (χ1) is 12.3. The number of imidazole rings is 1. The highest BCUT2D eigenvalue weighted by Gasteiger charge is 2.37. The van der Waals surface area contributed by atoms with Crippen molar-refractivity contribution in [1.29, 1.82) is 0 Å². The molecule has 4 aromatic rings. The van der Waals surface area contributed by atoms with E-state index in [0.29, 0.717) is 11.1 Å². The van der Waals surface area contributed by atoms with Crippen molar-refractivity contribution in [1.82, 2.24) is 29.4 Å². The Bertz CT molecular complexity index is 1110. The quantitative estimate of drug-likeness (QED) is 0.607. The number of aromatic nitrogens is 6. The smallest absolute Gasteiger partial charge is 0.361 e. The Labute approximate surface area is 145 Å². The first kappa shape index (κ1) is 16.3. The van der Waals surface area contributed by atoms with E-state index in [4.69, 9.17) is 0 Å². The molecule has 0 fully saturated rings. The average molecular weight is 361 g/mol. The maximum atomic E-state index is 12.9. The molecule has 0 aliphatic rings. The van der Waals surface area contributed by atoms with Gasteiger partial charge in [-0.3, -0.25) is 0 Å². The summed E-state index contributed by atoms with van der Waals surface area (Å²) in [6.45, 7) is 2.30. The molecule has 134 valence electrons. The normalized spacial score (nSPS) is 12.2. The van der Waals surface area contributed by atoms with Crippen LogP contribution in [0.1, 0.15) is 17.2 Å². The maximum Gasteiger partial charge on any atom is 0.453 e. The molecule has 0 bridgehead atoms. The molecular weight excluding hydrogens is 347 g/mol. The van der Waals surface area contributed by atoms with Crippen molar-refractivity contribution in [2.24, 2.45) is 7.05 Å². The topological polar surface area (TPSA) is 72.9 Å². The summed E-state index contributed by atoms with van der Waals surface area (Å²) in [6, 6.07) is 8.95. The third kappa shape index (κ3) is 2.72. The van der Waals surface area contributed by atoms with E-state index >= 15 is 0 Å². The van der Waals surface area contributed by atoms with Gasteiger partial charge in [-0.1, -0.05) is 6.07 Å². The van der Waals surface area contributed by atoms with Crippen LogP contribution in [0.25, 0.3) is 16.7 Å². The van der Waals surface area contributed by atoms with E-state index in [0.717, 1.165) is 22.4 Å². The van der Waals surface area contributed by atoms with Gasteiger partial charge in [-0.2, -0.15) is 17.7 Å². The lowest BCUT2D eigenvalue weighted by Crippen LogP contribution is -2.14. The number of rotatable bonds is 3. The molecule has 26 heavy (non-hydrogen) atoms. The minimum Gasteiger partial charge on any atom is -0.361 e. The van der Waals surface area contributed by atoms with E-state index in [-0.39, 0.29) is 11.5 Å². The monoisotopic (exact) mass is 361 g/mol. The number of hydrogen-bond donors (Lipinski definition) is 1. The standard InChI is InChI=1S/C16H14F3N7/c1-9-3-4-11-10(7-9)21-14(25(11)2)8-20-12-5-6-13-22-23-15(16(17,18)19)26(13)24-12/h3-7H,8H2,1-2H3,(H,20,24). The van der Waals surface area contributed by atoms with Crippen LogP contribution in [0.3, 0.4) is 0 Å². The van der Waals surface area contributed by atoms with Crippen molar-refractivity contribution in [2.75, 3.05) is 5.32 Å². The molecule has 3 heterocycles. The van der Waals surface area contributed by atoms with Gasteiger partial charge in [-0.25, -0.2) is 4.98 Å². The molecule has 0 atom stereocenters. The predicted octanol–water partition coefficient (Wildman–Crippen LogP) is 2.95. The second kappa shape index (κ2) is 5.68. The van der Waals surface area contributed by atoms with E-state index in [9.17, 15) is 13.2 Å². The van der Waals surface area contributed by atoms with Crippen molar-refractivity contribution in [3.8, 4) is 0 Å². The summed E-state index contributed by atoms with van der Waals surface area (Å²) in [6.07, 6.45) is -4.62. The summed E-state index contributed by atoms with van der Waals surface area (Å²) in [5.41, 5.74) is 2.98. The third-order valence-corrected chi connectivity index (χ3v) is 4.07. The SMILES string of the molecule is Cc1ccc2c(c1)nc(CNc1ccc3nnc(C(F)(F)F)n3n1)n2C. The van der Waals surface area contributed by atoms with E-state index in [1.165, 1.54) is 6.07 Å². The Morgan fingerprint density at radius 3 is 2.69 bits per heavy atom. The molecule has 0 amide bonds. The molecule has 0 radical (unpaired) electrons. The highest BCUT2D eigenvalue weighted by molar-refractivity contribution is 5.76. The predicted molar refractivity (Wildman–Crippen MR) is 88.6 cm³/mol. The Kier molecular flexibility index (Phi) is 3.56. The summed E-state index contributed by atoms with van der Waals surface area (Å²) >= 11 is 0. The van der Waals surface area contributed by atoms with Crippen LogP contribution in [0.15, 0.2) is 30.3 Å². The highest BCUT2D eigenvalue weighted by Crippen LogP contribution is 2.27. The zero-order chi connectivity index (χ0) is 18.5. The van der Waals surface area contributed by atoms with Crippen molar-refractivity contribution in [3.05, 3.63) is 47.5 Å². The van der Waals surface area contributed by atoms with Crippen LogP contribution < -0.4 is 5.32 Å². The van der Waals surface area contributed by atoms with Crippen LogP contribution >= 0.6 is 0 Å². The molecule has 1 N–H and O–H groups in total. The summed E-state index contributed by atoms with van der Waals surface area (Å²) in [7, 11) is 1.89. The van der Waals surface area contributed by atoms with E-state index in [1.807, 2.05) is 36.7 Å². The van der Waals surface area contributed by atoms with E-state index < -0.39 is 12.0 Å². The van der Waals surface area contributed by atoms with Crippen molar-refractivity contribution in [3.63, 3.8) is 0 Å². The number of aryl methyl sites for hydroxylation is 2. The average Bonchev–Trinajstić information content (AvgIpc) is 3.13. The largest absolute Gasteiger partial charge is 0.453 e. The minimum atomic E-state index is -4.62. The Balaban J connectivity index is 1.63. The molecule has 0 spiro atoms. The fourth-order valence-corrected chi connectivity index (χ4v) is 2.75. The Morgan fingerprint density at radius 1 is 1.12 bits per heavy atom. The number of benzene rings is 1. The lowest BCUT2D eigenvalue weighted by Gasteiger charge is -2.07. The van der Waals surface area contributed by atoms with Crippen LogP contribution in [0.2, 0.25) is 0 Å². The zero-order valence-corrected chi connectivity index (χ0v) is 13.9. The molecule has 10 heteroatoms. The lowest BCUT2D eigenvalue weighted by molar-refractivity contribution is -0.146. The lowest BCUT2D eigenvalue weighted by atomic mass is 10.2. The zero-order valence-electron chi connectivity index (χ0n) is 13.9. The molecule has 0 saturated carbocycles. The molecular formula is C16H14F3N7. The van der Waals surface area contributed by atoms with Gasteiger partial charge in [0.2, 0.25) is 0 Å². The van der Waals surface area contributed by atoms with Gasteiger partial charge in [-0.15, -0.1) is 15.3 Å². The summed E-state index contributed by atoms with van der Waals surface area (Å²) in [5, 5.41) is 13.6. The van der Waals surface area contributed by atoms with Crippen molar-refractivity contribution in [2.45, 2.75) is 19.6 Å². The first-order valence-electron chi connectivity index (χ1n) is 7.78. The summed E-state index contributed by atoms with van der Waals surface area (Å²) in [5.74, 6) is -0.146. The number of hydrogen-bond acceptors (Lipinski definition) is 5. The molecule has 0 unspecified atom stereocenters. The highest BCUT2D eigenvalue weighted by atomic mass is 19.4. The molecule has 0 saturated heterocycles. The van der Waals surface area contributed by atoms with Gasteiger partial charge < -0.3 is 9.88 Å². The second-order valence-corrected chi connectivity index (χ2v) is 5.94. The number of anilines is 1. The fraction of sp³-hybridized carbons (Fsp3) is 0.250. The molecule has 0 aliphatic carbocycles. The van der Waals surface area contributed by atoms with E-state index in [1.54, 1.807) is 6.07 Å². The van der Waals surface area contributed by atoms with Gasteiger partial charge in [0.15, 0.2) is 5.65 Å². The number of nitrogens with one attached hydrogen (secondary N) is 1. The number of fused-ring (bicyclic) bond motifs is 2. The van der Waals surface area contributed by atoms with Gasteiger partial charge in [0.25, 0.3) is 5.82 Å². The number of nitrogens with zero attached hydrogens (tertiary/aromatic N) is 6. The van der Waals surface area contributed by atoms with Crippen molar-refractivity contribution >= 4 is 22.5 Å².